The average molecular weight is 457 g/mol. The lowest BCUT2D eigenvalue weighted by Crippen LogP contribution is -2.23. The standard InChI is InChI=1S/C20H25BrN8/c21-16-12-25-29-18(10-17(26-20(16)29)14-4-2-1-3-5-14)24-11-13-6-8-15(9-7-13)19(22)27-28-23/h6-10,12,14,24,28H,1-5,11,23H2,(H2,22,27). The largest absolute Gasteiger partial charge is 0.382 e. The van der Waals surface area contributed by atoms with E-state index in [1.807, 2.05) is 28.8 Å². The molecule has 2 heterocycles. The number of aromatic nitrogens is 3. The Morgan fingerprint density at radius 1 is 1.21 bits per heavy atom. The van der Waals surface area contributed by atoms with Gasteiger partial charge in [-0.05, 0) is 34.3 Å². The van der Waals surface area contributed by atoms with Crippen LogP contribution in [0.5, 0.6) is 0 Å². The second-order valence-corrected chi connectivity index (χ2v) is 8.16. The molecule has 0 bridgehead atoms. The molecule has 152 valence electrons. The predicted octanol–water partition coefficient (Wildman–Crippen LogP) is 3.24. The van der Waals surface area contributed by atoms with Crippen LogP contribution in [0.1, 0.15) is 54.8 Å². The van der Waals surface area contributed by atoms with Crippen LogP contribution >= 0.6 is 15.9 Å². The maximum Gasteiger partial charge on any atom is 0.171 e. The molecule has 1 fully saturated rings. The molecule has 0 unspecified atom stereocenters. The summed E-state index contributed by atoms with van der Waals surface area (Å²) >= 11 is 3.58. The lowest BCUT2D eigenvalue weighted by molar-refractivity contribution is 0.437. The number of nitrogens with zero attached hydrogens (tertiary/aromatic N) is 4. The number of hydrazone groups is 1. The molecule has 3 aromatic rings. The van der Waals surface area contributed by atoms with Gasteiger partial charge in [0.25, 0.3) is 0 Å². The quantitative estimate of drug-likeness (QED) is 0.195. The molecule has 1 aliphatic carbocycles. The highest BCUT2D eigenvalue weighted by Gasteiger charge is 2.20. The Kier molecular flexibility index (Phi) is 5.96. The van der Waals surface area contributed by atoms with Gasteiger partial charge in [0, 0.05) is 29.8 Å². The number of halogens is 1. The number of anilines is 1. The van der Waals surface area contributed by atoms with E-state index >= 15 is 0 Å². The van der Waals surface area contributed by atoms with Crippen molar-refractivity contribution in [3.8, 4) is 0 Å². The lowest BCUT2D eigenvalue weighted by atomic mass is 9.87. The van der Waals surface area contributed by atoms with Crippen LogP contribution in [-0.2, 0) is 6.54 Å². The number of nitrogens with two attached hydrogens (primary N) is 2. The summed E-state index contributed by atoms with van der Waals surface area (Å²) in [5, 5.41) is 11.8. The number of benzene rings is 1. The van der Waals surface area contributed by atoms with Gasteiger partial charge >= 0.3 is 0 Å². The van der Waals surface area contributed by atoms with Crippen LogP contribution in [0, 0.1) is 0 Å². The number of amidine groups is 1. The first-order valence-corrected chi connectivity index (χ1v) is 10.6. The molecule has 2 aromatic heterocycles. The number of rotatable bonds is 6. The van der Waals surface area contributed by atoms with E-state index in [1.165, 1.54) is 32.1 Å². The number of hydrazine groups is 1. The van der Waals surface area contributed by atoms with E-state index in [0.717, 1.165) is 32.8 Å². The zero-order valence-corrected chi connectivity index (χ0v) is 17.7. The Bertz CT molecular complexity index is 1010. The summed E-state index contributed by atoms with van der Waals surface area (Å²) in [6, 6.07) is 10.0. The van der Waals surface area contributed by atoms with Crippen LogP contribution in [0.15, 0.2) is 46.1 Å². The van der Waals surface area contributed by atoms with Crippen LogP contribution in [0.25, 0.3) is 5.65 Å². The molecular weight excluding hydrogens is 432 g/mol. The first-order valence-electron chi connectivity index (χ1n) is 9.82. The highest BCUT2D eigenvalue weighted by molar-refractivity contribution is 9.10. The van der Waals surface area contributed by atoms with Crippen molar-refractivity contribution < 1.29 is 0 Å². The summed E-state index contributed by atoms with van der Waals surface area (Å²) in [6.45, 7) is 0.660. The maximum atomic E-state index is 5.84. The summed E-state index contributed by atoms with van der Waals surface area (Å²) in [5.74, 6) is 6.99. The molecule has 0 aliphatic heterocycles. The van der Waals surface area contributed by atoms with Crippen LogP contribution in [0.2, 0.25) is 0 Å². The lowest BCUT2D eigenvalue weighted by Gasteiger charge is -2.22. The van der Waals surface area contributed by atoms with Gasteiger partial charge in [-0.25, -0.2) is 16.4 Å². The summed E-state index contributed by atoms with van der Waals surface area (Å²) in [5.41, 5.74) is 12.0. The van der Waals surface area contributed by atoms with Crippen molar-refractivity contribution in [3.63, 3.8) is 0 Å². The van der Waals surface area contributed by atoms with Crippen molar-refractivity contribution in [2.75, 3.05) is 5.32 Å². The van der Waals surface area contributed by atoms with Crippen molar-refractivity contribution in [2.24, 2.45) is 16.7 Å². The molecule has 0 radical (unpaired) electrons. The third-order valence-electron chi connectivity index (χ3n) is 5.38. The van der Waals surface area contributed by atoms with Crippen LogP contribution in [0.4, 0.5) is 5.82 Å². The number of hydrogen-bond acceptors (Lipinski definition) is 6. The van der Waals surface area contributed by atoms with E-state index in [2.05, 4.69) is 43.0 Å². The molecule has 0 amide bonds. The highest BCUT2D eigenvalue weighted by atomic mass is 79.9. The fourth-order valence-electron chi connectivity index (χ4n) is 3.81. The Labute approximate surface area is 177 Å². The SMILES string of the molecule is NN/N=C(\N)c1ccc(CNc2cc(C3CCCCC3)nc3c(Br)cnn23)cc1. The van der Waals surface area contributed by atoms with Gasteiger partial charge in [-0.15, -0.1) is 5.10 Å². The first-order chi connectivity index (χ1) is 14.2. The molecule has 29 heavy (non-hydrogen) atoms. The Hall–Kier alpha value is -2.65. The molecule has 0 saturated heterocycles. The second-order valence-electron chi connectivity index (χ2n) is 7.31. The van der Waals surface area contributed by atoms with E-state index in [0.29, 0.717) is 18.3 Å². The van der Waals surface area contributed by atoms with Crippen LogP contribution in [-0.4, -0.2) is 20.4 Å². The molecule has 8 nitrogen and oxygen atoms in total. The van der Waals surface area contributed by atoms with Crippen LogP contribution < -0.4 is 22.4 Å². The molecule has 6 N–H and O–H groups in total. The van der Waals surface area contributed by atoms with Crippen molar-refractivity contribution in [2.45, 2.75) is 44.6 Å². The molecule has 1 saturated carbocycles. The van der Waals surface area contributed by atoms with E-state index < -0.39 is 0 Å². The van der Waals surface area contributed by atoms with Gasteiger partial charge in [0.15, 0.2) is 11.5 Å². The minimum atomic E-state index is 0.348. The maximum absolute atomic E-state index is 5.84. The number of fused-ring (bicyclic) bond motifs is 1. The van der Waals surface area contributed by atoms with Gasteiger partial charge in [-0.1, -0.05) is 43.5 Å². The Morgan fingerprint density at radius 2 is 1.97 bits per heavy atom. The highest BCUT2D eigenvalue weighted by Crippen LogP contribution is 2.33. The zero-order chi connectivity index (χ0) is 20.2. The van der Waals surface area contributed by atoms with E-state index in [-0.39, 0.29) is 0 Å². The minimum Gasteiger partial charge on any atom is -0.382 e. The number of nitrogens with one attached hydrogen (secondary N) is 2. The minimum absolute atomic E-state index is 0.348. The van der Waals surface area contributed by atoms with Crippen LogP contribution in [0.3, 0.4) is 0 Å². The zero-order valence-electron chi connectivity index (χ0n) is 16.1. The Morgan fingerprint density at radius 3 is 2.69 bits per heavy atom. The Balaban J connectivity index is 1.56. The van der Waals surface area contributed by atoms with Crippen molar-refractivity contribution >= 4 is 33.2 Å². The van der Waals surface area contributed by atoms with E-state index in [4.69, 9.17) is 16.6 Å². The van der Waals surface area contributed by atoms with Gasteiger partial charge in [0.05, 0.1) is 10.7 Å². The van der Waals surface area contributed by atoms with Gasteiger partial charge in [0.2, 0.25) is 0 Å². The average Bonchev–Trinajstić information content (AvgIpc) is 3.14. The normalized spacial score (nSPS) is 15.6. The third kappa shape index (κ3) is 4.35. The van der Waals surface area contributed by atoms with E-state index in [1.54, 1.807) is 6.20 Å². The van der Waals surface area contributed by atoms with Gasteiger partial charge < -0.3 is 11.1 Å². The molecule has 4 rings (SSSR count). The van der Waals surface area contributed by atoms with E-state index in [9.17, 15) is 0 Å². The molecular formula is C20H25BrN8. The monoisotopic (exact) mass is 456 g/mol. The molecule has 1 aromatic carbocycles. The van der Waals surface area contributed by atoms with Gasteiger partial charge in [-0.2, -0.15) is 9.61 Å². The predicted molar refractivity (Wildman–Crippen MR) is 118 cm³/mol. The summed E-state index contributed by atoms with van der Waals surface area (Å²) in [7, 11) is 0. The smallest absolute Gasteiger partial charge is 0.171 e. The third-order valence-corrected chi connectivity index (χ3v) is 5.94. The van der Waals surface area contributed by atoms with Crippen molar-refractivity contribution in [1.29, 1.82) is 0 Å². The molecule has 0 spiro atoms. The first kappa shape index (κ1) is 19.7. The fraction of sp³-hybridized carbons (Fsp3) is 0.350. The summed E-state index contributed by atoms with van der Waals surface area (Å²) in [6.07, 6.45) is 8.08. The molecule has 1 aliphatic rings. The van der Waals surface area contributed by atoms with Crippen molar-refractivity contribution in [3.05, 3.63) is 57.8 Å². The molecule has 9 heteroatoms. The fourth-order valence-corrected chi connectivity index (χ4v) is 4.16. The van der Waals surface area contributed by atoms with Crippen molar-refractivity contribution in [1.82, 2.24) is 20.1 Å². The topological polar surface area (TPSA) is 119 Å². The molecule has 0 atom stereocenters. The summed E-state index contributed by atoms with van der Waals surface area (Å²) < 4.78 is 2.76. The second kappa shape index (κ2) is 8.79. The van der Waals surface area contributed by atoms with Gasteiger partial charge in [-0.3, -0.25) is 0 Å². The summed E-state index contributed by atoms with van der Waals surface area (Å²) in [4.78, 5) is 4.89. The number of hydrogen-bond donors (Lipinski definition) is 4. The van der Waals surface area contributed by atoms with Gasteiger partial charge in [0.1, 0.15) is 5.82 Å².